The molecule has 2 heterocycles. The molecule has 2 rings (SSSR count). The monoisotopic (exact) mass is 192 g/mol. The van der Waals surface area contributed by atoms with Gasteiger partial charge >= 0.3 is 0 Å². The zero-order valence-corrected chi connectivity index (χ0v) is 7.58. The second kappa shape index (κ2) is 3.10. The fourth-order valence-electron chi connectivity index (χ4n) is 1.25. The van der Waals surface area contributed by atoms with Crippen molar-refractivity contribution in [3.8, 4) is 11.4 Å². The second-order valence-electron chi connectivity index (χ2n) is 2.96. The highest BCUT2D eigenvalue weighted by Crippen LogP contribution is 2.19. The van der Waals surface area contributed by atoms with Crippen LogP contribution in [0.25, 0.3) is 11.4 Å². The Hall–Kier alpha value is -1.91. The molecular formula is C9H9FN4. The third-order valence-electron chi connectivity index (χ3n) is 1.87. The minimum Gasteiger partial charge on any atom is -0.369 e. The largest absolute Gasteiger partial charge is 0.369 e. The molecule has 0 fully saturated rings. The molecule has 0 spiro atoms. The van der Waals surface area contributed by atoms with Crippen molar-refractivity contribution < 1.29 is 4.39 Å². The summed E-state index contributed by atoms with van der Waals surface area (Å²) in [7, 11) is 0. The van der Waals surface area contributed by atoms with Crippen molar-refractivity contribution in [3.63, 3.8) is 0 Å². The van der Waals surface area contributed by atoms with Crippen molar-refractivity contribution in [1.82, 2.24) is 15.0 Å². The molecule has 72 valence electrons. The molecule has 0 bridgehead atoms. The van der Waals surface area contributed by atoms with E-state index in [4.69, 9.17) is 5.73 Å². The Morgan fingerprint density at radius 3 is 2.71 bits per heavy atom. The number of H-pyrrole nitrogens is 1. The van der Waals surface area contributed by atoms with E-state index in [1.165, 1.54) is 6.07 Å². The van der Waals surface area contributed by atoms with Crippen LogP contribution in [0.15, 0.2) is 18.3 Å². The first-order chi connectivity index (χ1) is 6.66. The average Bonchev–Trinajstić information content (AvgIpc) is 2.47. The number of nitrogens with one attached hydrogen (secondary N) is 1. The van der Waals surface area contributed by atoms with Gasteiger partial charge in [0.25, 0.3) is 0 Å². The van der Waals surface area contributed by atoms with E-state index in [9.17, 15) is 4.39 Å². The lowest BCUT2D eigenvalue weighted by Crippen LogP contribution is -1.87. The van der Waals surface area contributed by atoms with Crippen LogP contribution in [-0.2, 0) is 0 Å². The molecule has 0 unspecified atom stereocenters. The zero-order chi connectivity index (χ0) is 10.1. The van der Waals surface area contributed by atoms with Crippen molar-refractivity contribution in [2.24, 2.45) is 0 Å². The molecular weight excluding hydrogens is 183 g/mol. The van der Waals surface area contributed by atoms with E-state index in [0.29, 0.717) is 17.3 Å². The fourth-order valence-corrected chi connectivity index (χ4v) is 1.25. The van der Waals surface area contributed by atoms with Gasteiger partial charge in [-0.2, -0.15) is 0 Å². The Morgan fingerprint density at radius 2 is 2.21 bits per heavy atom. The molecule has 2 aromatic rings. The maximum Gasteiger partial charge on any atom is 0.198 e. The number of hydrogen-bond donors (Lipinski definition) is 2. The molecule has 5 heteroatoms. The number of aryl methyl sites for hydroxylation is 1. The average molecular weight is 192 g/mol. The number of hydrogen-bond acceptors (Lipinski definition) is 3. The Bertz CT molecular complexity index is 446. The van der Waals surface area contributed by atoms with E-state index in [-0.39, 0.29) is 5.82 Å². The van der Waals surface area contributed by atoms with Crippen LogP contribution in [0.3, 0.4) is 0 Å². The third-order valence-corrected chi connectivity index (χ3v) is 1.87. The maximum absolute atomic E-state index is 12.6. The first kappa shape index (κ1) is 8.68. The molecule has 2 aromatic heterocycles. The second-order valence-corrected chi connectivity index (χ2v) is 2.96. The van der Waals surface area contributed by atoms with Gasteiger partial charge in [-0.3, -0.25) is 4.98 Å². The molecule has 0 radical (unpaired) electrons. The van der Waals surface area contributed by atoms with Crippen LogP contribution < -0.4 is 5.73 Å². The van der Waals surface area contributed by atoms with Gasteiger partial charge in [-0.05, 0) is 19.1 Å². The number of aromatic amines is 1. The van der Waals surface area contributed by atoms with Crippen molar-refractivity contribution in [1.29, 1.82) is 0 Å². The quantitative estimate of drug-likeness (QED) is 0.719. The standard InChI is InChI=1S/C9H9FN4/c1-5-8(14-9(11)13-5)7-3-2-6(10)4-12-7/h2-4H,1H3,(H3,11,13,14). The first-order valence-electron chi connectivity index (χ1n) is 4.11. The van der Waals surface area contributed by atoms with Crippen LogP contribution in [-0.4, -0.2) is 15.0 Å². The number of aromatic nitrogens is 3. The van der Waals surface area contributed by atoms with E-state index < -0.39 is 0 Å². The minimum atomic E-state index is -0.366. The van der Waals surface area contributed by atoms with Crippen LogP contribution >= 0.6 is 0 Å². The molecule has 4 nitrogen and oxygen atoms in total. The van der Waals surface area contributed by atoms with Gasteiger partial charge in [0.1, 0.15) is 11.5 Å². The van der Waals surface area contributed by atoms with Gasteiger partial charge in [0, 0.05) is 5.69 Å². The van der Waals surface area contributed by atoms with Crippen molar-refractivity contribution in [2.45, 2.75) is 6.92 Å². The molecule has 0 saturated carbocycles. The Balaban J connectivity index is 2.49. The number of imidazole rings is 1. The lowest BCUT2D eigenvalue weighted by atomic mass is 10.2. The molecule has 0 aromatic carbocycles. The number of anilines is 1. The van der Waals surface area contributed by atoms with Crippen LogP contribution in [0.1, 0.15) is 5.69 Å². The summed E-state index contributed by atoms with van der Waals surface area (Å²) in [5.74, 6) is -0.0291. The lowest BCUT2D eigenvalue weighted by Gasteiger charge is -1.96. The molecule has 0 aliphatic heterocycles. The molecule has 0 atom stereocenters. The summed E-state index contributed by atoms with van der Waals surface area (Å²) < 4.78 is 12.6. The first-order valence-corrected chi connectivity index (χ1v) is 4.11. The van der Waals surface area contributed by atoms with Gasteiger partial charge in [0.05, 0.1) is 11.9 Å². The molecule has 3 N–H and O–H groups in total. The summed E-state index contributed by atoms with van der Waals surface area (Å²) in [5, 5.41) is 0. The van der Waals surface area contributed by atoms with Gasteiger partial charge in [-0.25, -0.2) is 9.37 Å². The SMILES string of the molecule is Cc1[nH]c(N)nc1-c1ccc(F)cn1. The van der Waals surface area contributed by atoms with E-state index in [1.54, 1.807) is 6.07 Å². The van der Waals surface area contributed by atoms with Gasteiger partial charge in [-0.1, -0.05) is 0 Å². The number of nitrogen functional groups attached to an aromatic ring is 1. The maximum atomic E-state index is 12.6. The van der Waals surface area contributed by atoms with Gasteiger partial charge in [0.2, 0.25) is 0 Å². The topological polar surface area (TPSA) is 67.6 Å². The smallest absolute Gasteiger partial charge is 0.198 e. The minimum absolute atomic E-state index is 0.337. The summed E-state index contributed by atoms with van der Waals surface area (Å²) >= 11 is 0. The lowest BCUT2D eigenvalue weighted by molar-refractivity contribution is 0.622. The summed E-state index contributed by atoms with van der Waals surface area (Å²) in [4.78, 5) is 10.8. The van der Waals surface area contributed by atoms with Crippen LogP contribution in [0, 0.1) is 12.7 Å². The predicted octanol–water partition coefficient (Wildman–Crippen LogP) is 1.50. The Morgan fingerprint density at radius 1 is 1.43 bits per heavy atom. The third kappa shape index (κ3) is 1.44. The summed E-state index contributed by atoms with van der Waals surface area (Å²) in [6, 6.07) is 2.91. The van der Waals surface area contributed by atoms with Gasteiger partial charge < -0.3 is 10.7 Å². The molecule has 0 aliphatic rings. The number of pyridine rings is 1. The van der Waals surface area contributed by atoms with Crippen molar-refractivity contribution >= 4 is 5.95 Å². The summed E-state index contributed by atoms with van der Waals surface area (Å²) in [5.41, 5.74) is 7.56. The zero-order valence-electron chi connectivity index (χ0n) is 7.58. The van der Waals surface area contributed by atoms with Crippen molar-refractivity contribution in [2.75, 3.05) is 5.73 Å². The highest BCUT2D eigenvalue weighted by molar-refractivity contribution is 5.58. The van der Waals surface area contributed by atoms with E-state index in [0.717, 1.165) is 11.9 Å². The predicted molar refractivity (Wildman–Crippen MR) is 50.9 cm³/mol. The molecule has 0 aliphatic carbocycles. The number of rotatable bonds is 1. The molecule has 0 saturated heterocycles. The highest BCUT2D eigenvalue weighted by atomic mass is 19.1. The van der Waals surface area contributed by atoms with Crippen LogP contribution in [0.4, 0.5) is 10.3 Å². The summed E-state index contributed by atoms with van der Waals surface area (Å²) in [6.07, 6.45) is 1.15. The number of nitrogens with zero attached hydrogens (tertiary/aromatic N) is 2. The number of halogens is 1. The van der Waals surface area contributed by atoms with Gasteiger partial charge in [0.15, 0.2) is 5.95 Å². The summed E-state index contributed by atoms with van der Waals surface area (Å²) in [6.45, 7) is 1.84. The Labute approximate surface area is 80.0 Å². The van der Waals surface area contributed by atoms with E-state index in [2.05, 4.69) is 15.0 Å². The normalized spacial score (nSPS) is 10.4. The highest BCUT2D eigenvalue weighted by Gasteiger charge is 2.07. The Kier molecular flexibility index (Phi) is 1.92. The molecule has 14 heavy (non-hydrogen) atoms. The van der Waals surface area contributed by atoms with Crippen LogP contribution in [0.2, 0.25) is 0 Å². The van der Waals surface area contributed by atoms with E-state index in [1.807, 2.05) is 6.92 Å². The van der Waals surface area contributed by atoms with Gasteiger partial charge in [-0.15, -0.1) is 0 Å². The molecule has 0 amide bonds. The van der Waals surface area contributed by atoms with Crippen LogP contribution in [0.5, 0.6) is 0 Å². The van der Waals surface area contributed by atoms with E-state index >= 15 is 0 Å². The van der Waals surface area contributed by atoms with Crippen molar-refractivity contribution in [3.05, 3.63) is 29.8 Å². The number of nitrogens with two attached hydrogens (primary N) is 1. The fraction of sp³-hybridized carbons (Fsp3) is 0.111.